The number of rotatable bonds is 4. The number of piperazine rings is 1. The molecule has 2 aliphatic rings. The van der Waals surface area contributed by atoms with E-state index >= 15 is 0 Å². The van der Waals surface area contributed by atoms with Crippen molar-refractivity contribution >= 4 is 46.0 Å². The van der Waals surface area contributed by atoms with E-state index < -0.39 is 5.82 Å². The van der Waals surface area contributed by atoms with Crippen molar-refractivity contribution in [2.24, 2.45) is 0 Å². The molecule has 2 aromatic heterocycles. The first-order chi connectivity index (χ1) is 15.6. The third kappa shape index (κ3) is 4.28. The van der Waals surface area contributed by atoms with Crippen molar-refractivity contribution in [2.45, 2.75) is 18.9 Å². The molecule has 2 aliphatic heterocycles. The molecule has 5 rings (SSSR count). The number of carbonyl (C=O) groups excluding carboxylic acids is 1. The van der Waals surface area contributed by atoms with E-state index in [1.807, 2.05) is 0 Å². The number of hydrogen-bond donors (Lipinski definition) is 2. The summed E-state index contributed by atoms with van der Waals surface area (Å²) < 4.78 is 13.5. The first kappa shape index (κ1) is 20.8. The van der Waals surface area contributed by atoms with Crippen LogP contribution in [0.5, 0.6) is 0 Å². The molecule has 4 heterocycles. The van der Waals surface area contributed by atoms with Crippen LogP contribution >= 0.6 is 11.6 Å². The Labute approximate surface area is 189 Å². The molecule has 2 N–H and O–H groups in total. The number of nitrogens with one attached hydrogen (secondary N) is 2. The Morgan fingerprint density at radius 3 is 2.78 bits per heavy atom. The van der Waals surface area contributed by atoms with Crippen LogP contribution in [0.1, 0.15) is 12.8 Å². The van der Waals surface area contributed by atoms with Gasteiger partial charge in [-0.2, -0.15) is 0 Å². The van der Waals surface area contributed by atoms with Gasteiger partial charge in [-0.3, -0.25) is 9.69 Å². The largest absolute Gasteiger partial charge is 0.354 e. The van der Waals surface area contributed by atoms with Crippen molar-refractivity contribution in [3.8, 4) is 0 Å². The summed E-state index contributed by atoms with van der Waals surface area (Å²) in [6, 6.07) is 4.77. The zero-order valence-corrected chi connectivity index (χ0v) is 18.0. The van der Waals surface area contributed by atoms with Crippen molar-refractivity contribution in [3.05, 3.63) is 41.6 Å². The smallest absolute Gasteiger partial charge is 0.234 e. The normalized spacial score (nSPS) is 18.1. The van der Waals surface area contributed by atoms with Gasteiger partial charge in [0.15, 0.2) is 5.82 Å². The van der Waals surface area contributed by atoms with Gasteiger partial charge in [-0.25, -0.2) is 24.3 Å². The van der Waals surface area contributed by atoms with Crippen LogP contribution < -0.4 is 15.5 Å². The molecule has 2 fully saturated rings. The summed E-state index contributed by atoms with van der Waals surface area (Å²) in [6.45, 7) is 3.68. The average Bonchev–Trinajstić information content (AvgIpc) is 2.81. The molecule has 0 unspecified atom stereocenters. The van der Waals surface area contributed by atoms with Gasteiger partial charge in [0.1, 0.15) is 23.2 Å². The van der Waals surface area contributed by atoms with Crippen LogP contribution in [0.3, 0.4) is 0 Å². The number of halogens is 2. The Bertz CT molecular complexity index is 1150. The summed E-state index contributed by atoms with van der Waals surface area (Å²) in [6.07, 6.45) is 5.00. The number of aromatic nitrogens is 4. The van der Waals surface area contributed by atoms with Gasteiger partial charge < -0.3 is 15.5 Å². The highest BCUT2D eigenvalue weighted by atomic mass is 35.5. The highest BCUT2D eigenvalue weighted by Gasteiger charge is 2.28. The van der Waals surface area contributed by atoms with E-state index in [2.05, 4.69) is 35.4 Å². The maximum atomic E-state index is 13.5. The third-order valence-electron chi connectivity index (χ3n) is 5.88. The number of nitrogens with zero attached hydrogens (tertiary/aromatic N) is 6. The minimum absolute atomic E-state index is 0.0257. The molecular formula is C21H22ClFN8O. The molecule has 0 bridgehead atoms. The van der Waals surface area contributed by atoms with E-state index in [0.29, 0.717) is 47.6 Å². The van der Waals surface area contributed by atoms with Crippen LogP contribution in [0.15, 0.2) is 30.7 Å². The Morgan fingerprint density at radius 2 is 2.00 bits per heavy atom. The van der Waals surface area contributed by atoms with Crippen molar-refractivity contribution in [1.82, 2.24) is 30.2 Å². The van der Waals surface area contributed by atoms with Gasteiger partial charge >= 0.3 is 0 Å². The second kappa shape index (κ2) is 8.79. The first-order valence-corrected chi connectivity index (χ1v) is 10.9. The van der Waals surface area contributed by atoms with Gasteiger partial charge in [0.2, 0.25) is 11.9 Å². The van der Waals surface area contributed by atoms with Crippen molar-refractivity contribution in [3.63, 3.8) is 0 Å². The molecule has 0 atom stereocenters. The molecule has 0 saturated carbocycles. The number of anilines is 3. The monoisotopic (exact) mass is 456 g/mol. The molecule has 32 heavy (non-hydrogen) atoms. The second-order valence-corrected chi connectivity index (χ2v) is 8.33. The highest BCUT2D eigenvalue weighted by Crippen LogP contribution is 2.27. The van der Waals surface area contributed by atoms with Crippen LogP contribution in [0, 0.1) is 5.82 Å². The number of fused-ring (bicyclic) bond motifs is 1. The molecule has 0 radical (unpaired) electrons. The van der Waals surface area contributed by atoms with Crippen molar-refractivity contribution in [2.75, 3.05) is 42.9 Å². The van der Waals surface area contributed by atoms with E-state index in [4.69, 9.17) is 16.6 Å². The summed E-state index contributed by atoms with van der Waals surface area (Å²) in [5.74, 6) is 0.722. The van der Waals surface area contributed by atoms with Gasteiger partial charge in [0.05, 0.1) is 17.8 Å². The quantitative estimate of drug-likeness (QED) is 0.617. The first-order valence-electron chi connectivity index (χ1n) is 10.5. The van der Waals surface area contributed by atoms with Crippen LogP contribution in [-0.4, -0.2) is 69.5 Å². The van der Waals surface area contributed by atoms with E-state index in [1.165, 1.54) is 18.5 Å². The summed E-state index contributed by atoms with van der Waals surface area (Å²) in [5.41, 5.74) is 1.78. The number of hydrogen-bond acceptors (Lipinski definition) is 8. The Kier molecular flexibility index (Phi) is 5.71. The predicted molar refractivity (Wildman–Crippen MR) is 120 cm³/mol. The van der Waals surface area contributed by atoms with E-state index in [-0.39, 0.29) is 10.9 Å². The lowest BCUT2D eigenvalue weighted by Crippen LogP contribution is -2.54. The molecule has 1 aromatic carbocycles. The van der Waals surface area contributed by atoms with E-state index in [9.17, 15) is 9.18 Å². The summed E-state index contributed by atoms with van der Waals surface area (Å²) in [4.78, 5) is 33.9. The molecule has 2 saturated heterocycles. The molecule has 166 valence electrons. The van der Waals surface area contributed by atoms with Crippen molar-refractivity contribution < 1.29 is 9.18 Å². The summed E-state index contributed by atoms with van der Waals surface area (Å²) in [5, 5.41) is 6.05. The number of amides is 1. The Balaban J connectivity index is 1.33. The lowest BCUT2D eigenvalue weighted by Gasteiger charge is -2.39. The molecule has 0 aliphatic carbocycles. The number of piperidine rings is 1. The zero-order valence-electron chi connectivity index (χ0n) is 17.3. The maximum absolute atomic E-state index is 13.5. The van der Waals surface area contributed by atoms with Crippen LogP contribution in [0.2, 0.25) is 5.02 Å². The SMILES string of the molecule is O=C1CN(C2CCN(c3ncc4ncnc(Nc5ccc(F)c(Cl)c5)c4n3)CC2)CCN1. The maximum Gasteiger partial charge on any atom is 0.234 e. The fourth-order valence-corrected chi connectivity index (χ4v) is 4.38. The number of carbonyl (C=O) groups is 1. The summed E-state index contributed by atoms with van der Waals surface area (Å²) in [7, 11) is 0. The molecular weight excluding hydrogens is 435 g/mol. The highest BCUT2D eigenvalue weighted by molar-refractivity contribution is 6.31. The minimum atomic E-state index is -0.483. The Hall–Kier alpha value is -3.11. The molecule has 11 heteroatoms. The zero-order chi connectivity index (χ0) is 22.1. The van der Waals surface area contributed by atoms with Crippen LogP contribution in [-0.2, 0) is 4.79 Å². The fraction of sp³-hybridized carbons (Fsp3) is 0.381. The standard InChI is InChI=1S/C21H22ClFN8O/c22-15-9-13(1-2-16(15)23)28-20-19-17(26-12-27-20)10-25-21(29-19)30-6-3-14(4-7-30)31-8-5-24-18(32)11-31/h1-2,9-10,12,14H,3-8,11H2,(H,24,32)(H,26,27,28). The lowest BCUT2D eigenvalue weighted by molar-refractivity contribution is -0.125. The topological polar surface area (TPSA) is 99.2 Å². The fourth-order valence-electron chi connectivity index (χ4n) is 4.20. The third-order valence-corrected chi connectivity index (χ3v) is 6.17. The van der Waals surface area contributed by atoms with E-state index in [0.717, 1.165) is 32.5 Å². The molecule has 9 nitrogen and oxygen atoms in total. The molecule has 3 aromatic rings. The number of benzene rings is 1. The van der Waals surface area contributed by atoms with Crippen molar-refractivity contribution in [1.29, 1.82) is 0 Å². The minimum Gasteiger partial charge on any atom is -0.354 e. The van der Waals surface area contributed by atoms with Gasteiger partial charge in [-0.15, -0.1) is 0 Å². The Morgan fingerprint density at radius 1 is 1.16 bits per heavy atom. The molecule has 1 amide bonds. The van der Waals surface area contributed by atoms with Gasteiger partial charge in [0, 0.05) is 37.9 Å². The van der Waals surface area contributed by atoms with E-state index in [1.54, 1.807) is 12.3 Å². The van der Waals surface area contributed by atoms with Crippen LogP contribution in [0.4, 0.5) is 21.8 Å². The summed E-state index contributed by atoms with van der Waals surface area (Å²) >= 11 is 5.90. The average molecular weight is 457 g/mol. The molecule has 0 spiro atoms. The van der Waals surface area contributed by atoms with Gasteiger partial charge in [-0.05, 0) is 31.0 Å². The van der Waals surface area contributed by atoms with Crippen LogP contribution in [0.25, 0.3) is 11.0 Å². The second-order valence-electron chi connectivity index (χ2n) is 7.92. The lowest BCUT2D eigenvalue weighted by atomic mass is 10.0. The van der Waals surface area contributed by atoms with Gasteiger partial charge in [-0.1, -0.05) is 11.6 Å². The van der Waals surface area contributed by atoms with Gasteiger partial charge in [0.25, 0.3) is 0 Å². The predicted octanol–water partition coefficient (Wildman–Crippen LogP) is 2.36.